The van der Waals surface area contributed by atoms with Gasteiger partial charge in [-0.15, -0.1) is 0 Å². The third kappa shape index (κ3) is 4.39. The van der Waals surface area contributed by atoms with Crippen LogP contribution in [0.2, 0.25) is 5.02 Å². The molecule has 0 aliphatic rings. The number of rotatable bonds is 5. The number of carbonyl (C=O) groups excluding carboxylic acids is 1. The number of carbonyl (C=O) groups is 1. The number of anilines is 1. The van der Waals surface area contributed by atoms with E-state index in [1.165, 1.54) is 17.0 Å². The molecule has 1 aromatic heterocycles. The quantitative estimate of drug-likeness (QED) is 0.629. The van der Waals surface area contributed by atoms with Crippen LogP contribution in [-0.2, 0) is 0 Å². The molecule has 2 N–H and O–H groups in total. The molecule has 1 heterocycles. The fraction of sp³-hybridized carbons (Fsp3) is 0.190. The molecule has 0 bridgehead atoms. The number of pyridine rings is 1. The van der Waals surface area contributed by atoms with Gasteiger partial charge in [0.1, 0.15) is 5.82 Å². The number of aromatic amines is 1. The van der Waals surface area contributed by atoms with Crippen LogP contribution in [0.15, 0.2) is 53.5 Å². The summed E-state index contributed by atoms with van der Waals surface area (Å²) in [5.74, 6) is -0.584. The Morgan fingerprint density at radius 2 is 2.03 bits per heavy atom. The molecule has 29 heavy (non-hydrogen) atoms. The molecule has 148 valence electrons. The highest BCUT2D eigenvalue weighted by molar-refractivity contribution is 6.31. The lowest BCUT2D eigenvalue weighted by Crippen LogP contribution is -2.38. The van der Waals surface area contributed by atoms with E-state index >= 15 is 0 Å². The van der Waals surface area contributed by atoms with Gasteiger partial charge in [0.15, 0.2) is 0 Å². The number of hydrogen-bond acceptors (Lipinski definition) is 3. The van der Waals surface area contributed by atoms with E-state index in [1.807, 2.05) is 25.1 Å². The summed E-state index contributed by atoms with van der Waals surface area (Å²) in [4.78, 5) is 29.2. The summed E-state index contributed by atoms with van der Waals surface area (Å²) in [6, 6.07) is 12.1. The fourth-order valence-corrected chi connectivity index (χ4v) is 3.34. The number of hydrogen-bond donors (Lipinski definition) is 2. The van der Waals surface area contributed by atoms with Gasteiger partial charge in [-0.1, -0.05) is 29.8 Å². The minimum Gasteiger partial charge on any atom is -0.328 e. The normalized spacial score (nSPS) is 11.7. The molecule has 2 amide bonds. The maximum absolute atomic E-state index is 13.4. The van der Waals surface area contributed by atoms with E-state index < -0.39 is 17.9 Å². The van der Waals surface area contributed by atoms with Gasteiger partial charge in [-0.25, -0.2) is 9.18 Å². The minimum absolute atomic E-state index is 0.106. The first-order chi connectivity index (χ1) is 13.9. The molecule has 3 rings (SSSR count). The molecule has 3 aromatic rings. The first kappa shape index (κ1) is 20.4. The predicted octanol–water partition coefficient (Wildman–Crippen LogP) is 4.83. The van der Waals surface area contributed by atoms with Crippen LogP contribution in [0, 0.1) is 17.1 Å². The number of nitrogens with zero attached hydrogens (tertiary/aromatic N) is 2. The lowest BCUT2D eigenvalue weighted by atomic mass is 10.0. The third-order valence-electron chi connectivity index (χ3n) is 4.66. The molecule has 0 aliphatic heterocycles. The Hall–Kier alpha value is -3.37. The van der Waals surface area contributed by atoms with E-state index in [-0.39, 0.29) is 23.5 Å². The van der Waals surface area contributed by atoms with Crippen LogP contribution in [0.1, 0.15) is 24.9 Å². The van der Waals surface area contributed by atoms with Gasteiger partial charge >= 0.3 is 6.03 Å². The van der Waals surface area contributed by atoms with Crippen molar-refractivity contribution in [2.45, 2.75) is 19.4 Å². The Labute approximate surface area is 171 Å². The van der Waals surface area contributed by atoms with Gasteiger partial charge in [-0.2, -0.15) is 5.26 Å². The van der Waals surface area contributed by atoms with Crippen LogP contribution in [0.5, 0.6) is 0 Å². The SMILES string of the molecule is C[C@H](c1c[nH]c(=O)c2ccccc12)N(CCC#N)C(=O)Nc1ccc(F)c(Cl)c1. The molecule has 2 aromatic carbocycles. The standard InChI is InChI=1S/C21H18ClFN4O2/c1-13(17-12-25-20(28)16-6-3-2-5-15(16)17)27(10-4-9-24)21(29)26-14-7-8-19(23)18(22)11-14/h2-3,5-8,11-13H,4,10H2,1H3,(H,25,28)(H,26,29)/t13-/m1/s1. The van der Waals surface area contributed by atoms with Crippen molar-refractivity contribution in [1.82, 2.24) is 9.88 Å². The lowest BCUT2D eigenvalue weighted by Gasteiger charge is -2.29. The molecule has 6 nitrogen and oxygen atoms in total. The number of benzene rings is 2. The van der Waals surface area contributed by atoms with Crippen LogP contribution >= 0.6 is 11.6 Å². The molecule has 0 unspecified atom stereocenters. The van der Waals surface area contributed by atoms with Crippen molar-refractivity contribution in [3.05, 3.63) is 75.4 Å². The summed E-state index contributed by atoms with van der Waals surface area (Å²) in [6.07, 6.45) is 1.71. The number of urea groups is 1. The van der Waals surface area contributed by atoms with Crippen LogP contribution in [0.4, 0.5) is 14.9 Å². The van der Waals surface area contributed by atoms with E-state index in [0.717, 1.165) is 17.0 Å². The van der Waals surface area contributed by atoms with Gasteiger partial charge < -0.3 is 15.2 Å². The van der Waals surface area contributed by atoms with Crippen LogP contribution in [0.25, 0.3) is 10.8 Å². The number of halogens is 2. The lowest BCUT2D eigenvalue weighted by molar-refractivity contribution is 0.195. The Bertz CT molecular complexity index is 1160. The smallest absolute Gasteiger partial charge is 0.322 e. The summed E-state index contributed by atoms with van der Waals surface area (Å²) < 4.78 is 13.4. The Morgan fingerprint density at radius 1 is 1.31 bits per heavy atom. The maximum Gasteiger partial charge on any atom is 0.322 e. The molecule has 0 fully saturated rings. The second-order valence-corrected chi connectivity index (χ2v) is 6.86. The number of aromatic nitrogens is 1. The summed E-state index contributed by atoms with van der Waals surface area (Å²) >= 11 is 5.78. The zero-order valence-electron chi connectivity index (χ0n) is 15.6. The third-order valence-corrected chi connectivity index (χ3v) is 4.94. The van der Waals surface area contributed by atoms with E-state index in [9.17, 15) is 14.0 Å². The molecule has 0 spiro atoms. The highest BCUT2D eigenvalue weighted by Crippen LogP contribution is 2.27. The Balaban J connectivity index is 1.95. The number of fused-ring (bicyclic) bond motifs is 1. The van der Waals surface area contributed by atoms with Crippen molar-refractivity contribution < 1.29 is 9.18 Å². The summed E-state index contributed by atoms with van der Waals surface area (Å²) in [7, 11) is 0. The fourth-order valence-electron chi connectivity index (χ4n) is 3.16. The molecule has 0 saturated carbocycles. The molecular formula is C21H18ClFN4O2. The van der Waals surface area contributed by atoms with E-state index in [4.69, 9.17) is 16.9 Å². The van der Waals surface area contributed by atoms with Crippen molar-refractivity contribution in [3.8, 4) is 6.07 Å². The van der Waals surface area contributed by atoms with E-state index in [0.29, 0.717) is 11.1 Å². The maximum atomic E-state index is 13.4. The predicted molar refractivity (Wildman–Crippen MR) is 110 cm³/mol. The van der Waals surface area contributed by atoms with Crippen molar-refractivity contribution in [2.24, 2.45) is 0 Å². The molecule has 8 heteroatoms. The summed E-state index contributed by atoms with van der Waals surface area (Å²) in [5, 5.41) is 12.8. The molecule has 0 aliphatic carbocycles. The summed E-state index contributed by atoms with van der Waals surface area (Å²) in [5.41, 5.74) is 0.859. The van der Waals surface area contributed by atoms with E-state index in [2.05, 4.69) is 10.3 Å². The second kappa shape index (κ2) is 8.76. The average molecular weight is 413 g/mol. The van der Waals surface area contributed by atoms with Crippen LogP contribution < -0.4 is 10.9 Å². The second-order valence-electron chi connectivity index (χ2n) is 6.46. The molecule has 0 radical (unpaired) electrons. The highest BCUT2D eigenvalue weighted by atomic mass is 35.5. The number of amides is 2. The van der Waals surface area contributed by atoms with Crippen LogP contribution in [-0.4, -0.2) is 22.5 Å². The first-order valence-corrected chi connectivity index (χ1v) is 9.30. The van der Waals surface area contributed by atoms with Gasteiger partial charge in [0.25, 0.3) is 5.56 Å². The first-order valence-electron chi connectivity index (χ1n) is 8.92. The number of nitriles is 1. The minimum atomic E-state index is -0.584. The van der Waals surface area contributed by atoms with E-state index in [1.54, 1.807) is 18.3 Å². The monoisotopic (exact) mass is 412 g/mol. The van der Waals surface area contributed by atoms with Gasteiger partial charge in [-0.3, -0.25) is 4.79 Å². The number of nitrogens with one attached hydrogen (secondary N) is 2. The number of H-pyrrole nitrogens is 1. The summed E-state index contributed by atoms with van der Waals surface area (Å²) in [6.45, 7) is 1.99. The Morgan fingerprint density at radius 3 is 2.72 bits per heavy atom. The van der Waals surface area contributed by atoms with Crippen molar-refractivity contribution >= 4 is 34.1 Å². The molecule has 0 saturated heterocycles. The Kier molecular flexibility index (Phi) is 6.15. The largest absolute Gasteiger partial charge is 0.328 e. The zero-order chi connectivity index (χ0) is 21.0. The molecular weight excluding hydrogens is 395 g/mol. The topological polar surface area (TPSA) is 89.0 Å². The van der Waals surface area contributed by atoms with Crippen molar-refractivity contribution in [3.63, 3.8) is 0 Å². The molecule has 1 atom stereocenters. The van der Waals surface area contributed by atoms with Gasteiger partial charge in [0.05, 0.1) is 23.6 Å². The highest BCUT2D eigenvalue weighted by Gasteiger charge is 2.23. The average Bonchev–Trinajstić information content (AvgIpc) is 2.71. The van der Waals surface area contributed by atoms with Crippen molar-refractivity contribution in [1.29, 1.82) is 5.26 Å². The van der Waals surface area contributed by atoms with Crippen LogP contribution in [0.3, 0.4) is 0 Å². The zero-order valence-corrected chi connectivity index (χ0v) is 16.3. The van der Waals surface area contributed by atoms with Gasteiger partial charge in [0, 0.05) is 23.8 Å². The van der Waals surface area contributed by atoms with Gasteiger partial charge in [-0.05, 0) is 42.1 Å². The van der Waals surface area contributed by atoms with Gasteiger partial charge in [0.2, 0.25) is 0 Å². The van der Waals surface area contributed by atoms with Crippen molar-refractivity contribution in [2.75, 3.05) is 11.9 Å².